The summed E-state index contributed by atoms with van der Waals surface area (Å²) in [6.45, 7) is 4.04. The van der Waals surface area contributed by atoms with Gasteiger partial charge in [-0.15, -0.1) is 0 Å². The van der Waals surface area contributed by atoms with Crippen molar-refractivity contribution in [3.63, 3.8) is 0 Å². The van der Waals surface area contributed by atoms with Crippen molar-refractivity contribution in [2.75, 3.05) is 6.54 Å². The molecule has 0 bridgehead atoms. The van der Waals surface area contributed by atoms with Gasteiger partial charge in [0.25, 0.3) is 0 Å². The molecule has 0 saturated heterocycles. The first-order chi connectivity index (χ1) is 4.54. The van der Waals surface area contributed by atoms with E-state index in [1.54, 1.807) is 13.8 Å². The van der Waals surface area contributed by atoms with E-state index in [4.69, 9.17) is 15.3 Å². The summed E-state index contributed by atoms with van der Waals surface area (Å²) in [6.07, 6.45) is 1.12. The van der Waals surface area contributed by atoms with Crippen molar-refractivity contribution >= 4 is 12.4 Å². The molecule has 0 amide bonds. The summed E-state index contributed by atoms with van der Waals surface area (Å²) in [5.74, 6) is 0. The average molecular weight is 145 g/mol. The predicted octanol–water partition coefficient (Wildman–Crippen LogP) is -0.413. The maximum absolute atomic E-state index is 9.98. The molecule has 0 aromatic heterocycles. The van der Waals surface area contributed by atoms with Crippen LogP contribution in [0.1, 0.15) is 13.8 Å². The molecule has 4 nitrogen and oxygen atoms in total. The quantitative estimate of drug-likeness (QED) is 0.535. The molecule has 0 spiro atoms. The van der Waals surface area contributed by atoms with Crippen molar-refractivity contribution in [1.29, 1.82) is 0 Å². The molecule has 2 N–H and O–H groups in total. The molecule has 4 heteroatoms. The molecule has 0 heterocycles. The summed E-state index contributed by atoms with van der Waals surface area (Å²) in [5.41, 5.74) is 4.87. The maximum Gasteiger partial charge on any atom is 0.373 e. The van der Waals surface area contributed by atoms with E-state index in [9.17, 15) is 4.79 Å². The van der Waals surface area contributed by atoms with Crippen molar-refractivity contribution in [1.82, 2.24) is 0 Å². The van der Waals surface area contributed by atoms with Gasteiger partial charge in [0.1, 0.15) is 6.29 Å². The number of carbonyl (C=O) groups excluding carboxylic acids is 3. The van der Waals surface area contributed by atoms with Crippen LogP contribution in [0.15, 0.2) is 0 Å². The number of rotatable bonds is 2. The third kappa shape index (κ3) is 10.1. The van der Waals surface area contributed by atoms with Crippen LogP contribution in [0.3, 0.4) is 0 Å². The van der Waals surface area contributed by atoms with Crippen molar-refractivity contribution < 1.29 is 14.4 Å². The fourth-order valence-corrected chi connectivity index (χ4v) is 0.0481. The maximum atomic E-state index is 9.98. The van der Waals surface area contributed by atoms with E-state index in [2.05, 4.69) is 0 Å². The molecule has 0 aromatic rings. The highest BCUT2D eigenvalue weighted by Crippen LogP contribution is 2.05. The molecule has 0 rings (SSSR count). The Morgan fingerprint density at radius 1 is 1.50 bits per heavy atom. The molecule has 58 valence electrons. The molecule has 0 aliphatic rings. The Balaban J connectivity index is 0. The highest BCUT2D eigenvalue weighted by Gasteiger charge is 2.11. The topological polar surface area (TPSA) is 77.2 Å². The number of carbonyl (C=O) groups is 1. The van der Waals surface area contributed by atoms with Gasteiger partial charge in [0.2, 0.25) is 0 Å². The Hall–Kier alpha value is -0.990. The summed E-state index contributed by atoms with van der Waals surface area (Å²) in [6, 6.07) is 0. The van der Waals surface area contributed by atoms with Gasteiger partial charge in [-0.3, -0.25) is 0 Å². The lowest BCUT2D eigenvalue weighted by Crippen LogP contribution is -2.24. The first-order valence-corrected chi connectivity index (χ1v) is 2.69. The molecule has 0 radical (unpaired) electrons. The van der Waals surface area contributed by atoms with Crippen LogP contribution in [0.4, 0.5) is 0 Å². The number of hydrogen-bond acceptors (Lipinski definition) is 4. The van der Waals surface area contributed by atoms with Crippen molar-refractivity contribution in [2.45, 2.75) is 13.8 Å². The summed E-state index contributed by atoms with van der Waals surface area (Å²) in [4.78, 5) is 26.2. The number of hydrogen-bond donors (Lipinski definition) is 1. The Morgan fingerprint density at radius 3 is 1.80 bits per heavy atom. The molecule has 0 saturated carbocycles. The summed E-state index contributed by atoms with van der Waals surface area (Å²) in [5, 5.41) is 0. The van der Waals surface area contributed by atoms with Crippen LogP contribution in [-0.2, 0) is 14.4 Å². The smallest absolute Gasteiger partial charge is 0.330 e. The van der Waals surface area contributed by atoms with Crippen LogP contribution in [0.25, 0.3) is 0 Å². The van der Waals surface area contributed by atoms with Gasteiger partial charge in [-0.2, -0.15) is 9.59 Å². The van der Waals surface area contributed by atoms with Gasteiger partial charge in [-0.1, -0.05) is 13.8 Å². The van der Waals surface area contributed by atoms with E-state index in [-0.39, 0.29) is 11.6 Å². The highest BCUT2D eigenvalue weighted by molar-refractivity contribution is 5.58. The zero-order valence-electron chi connectivity index (χ0n) is 6.09. The minimum absolute atomic E-state index is 0.250. The Kier molecular flexibility index (Phi) is 7.22. The lowest BCUT2D eigenvalue weighted by atomic mass is 9.97. The second-order valence-electron chi connectivity index (χ2n) is 2.39. The van der Waals surface area contributed by atoms with Gasteiger partial charge in [0.05, 0.1) is 0 Å². The van der Waals surface area contributed by atoms with Crippen molar-refractivity contribution in [3.8, 4) is 0 Å². The van der Waals surface area contributed by atoms with E-state index in [1.165, 1.54) is 0 Å². The van der Waals surface area contributed by atoms with Crippen molar-refractivity contribution in [3.05, 3.63) is 0 Å². The predicted molar refractivity (Wildman–Crippen MR) is 33.9 cm³/mol. The summed E-state index contributed by atoms with van der Waals surface area (Å²) in [7, 11) is 0. The van der Waals surface area contributed by atoms with Crippen LogP contribution >= 0.6 is 0 Å². The van der Waals surface area contributed by atoms with Gasteiger partial charge < -0.3 is 10.5 Å². The minimum Gasteiger partial charge on any atom is -0.330 e. The van der Waals surface area contributed by atoms with Crippen LogP contribution in [0, 0.1) is 5.41 Å². The molecule has 0 aromatic carbocycles. The van der Waals surface area contributed by atoms with Crippen LogP contribution in [-0.4, -0.2) is 19.0 Å². The summed E-state index contributed by atoms with van der Waals surface area (Å²) >= 11 is 0. The van der Waals surface area contributed by atoms with E-state index in [0.717, 1.165) is 6.29 Å². The Morgan fingerprint density at radius 2 is 1.80 bits per heavy atom. The van der Waals surface area contributed by atoms with Crippen LogP contribution < -0.4 is 5.73 Å². The molecule has 0 unspecified atom stereocenters. The van der Waals surface area contributed by atoms with E-state index >= 15 is 0 Å². The Labute approximate surface area is 59.4 Å². The third-order valence-electron chi connectivity index (χ3n) is 0.845. The molecular formula is C6H11NO3. The highest BCUT2D eigenvalue weighted by atomic mass is 16.2. The molecular weight excluding hydrogens is 134 g/mol. The second kappa shape index (κ2) is 6.13. The van der Waals surface area contributed by atoms with Gasteiger partial charge in [-0.25, -0.2) is 0 Å². The third-order valence-corrected chi connectivity index (χ3v) is 0.845. The molecule has 0 atom stereocenters. The van der Waals surface area contributed by atoms with Gasteiger partial charge >= 0.3 is 6.15 Å². The lowest BCUT2D eigenvalue weighted by Gasteiger charge is -2.10. The van der Waals surface area contributed by atoms with Gasteiger partial charge in [-0.05, 0) is 0 Å². The van der Waals surface area contributed by atoms with Crippen LogP contribution in [0.5, 0.6) is 0 Å². The van der Waals surface area contributed by atoms with E-state index in [1.807, 2.05) is 0 Å². The first kappa shape index (κ1) is 11.8. The van der Waals surface area contributed by atoms with Crippen LogP contribution in [0.2, 0.25) is 0 Å². The van der Waals surface area contributed by atoms with Gasteiger partial charge in [0, 0.05) is 12.0 Å². The van der Waals surface area contributed by atoms with Gasteiger partial charge in [0.15, 0.2) is 0 Å². The summed E-state index contributed by atoms with van der Waals surface area (Å²) < 4.78 is 0. The number of aldehydes is 1. The minimum atomic E-state index is -0.319. The SMILES string of the molecule is CC(C)(C=O)CN.O=C=O. The van der Waals surface area contributed by atoms with E-state index in [0.29, 0.717) is 6.54 Å². The molecule has 0 aliphatic carbocycles. The second-order valence-corrected chi connectivity index (χ2v) is 2.39. The zero-order valence-corrected chi connectivity index (χ0v) is 6.09. The molecule has 0 aliphatic heterocycles. The fraction of sp³-hybridized carbons (Fsp3) is 0.667. The van der Waals surface area contributed by atoms with Crippen molar-refractivity contribution in [2.24, 2.45) is 11.1 Å². The molecule has 10 heavy (non-hydrogen) atoms. The zero-order chi connectivity index (χ0) is 8.62. The first-order valence-electron chi connectivity index (χ1n) is 2.69. The standard InChI is InChI=1S/C5H11NO.CO2/c1-5(2,3-6)4-7;2-1-3/h4H,3,6H2,1-2H3;. The average Bonchev–Trinajstić information content (AvgIpc) is 1.90. The lowest BCUT2D eigenvalue weighted by molar-refractivity contribution is -0.191. The normalized spacial score (nSPS) is 8.70. The number of nitrogens with two attached hydrogens (primary N) is 1. The largest absolute Gasteiger partial charge is 0.373 e. The monoisotopic (exact) mass is 145 g/mol. The Bertz CT molecular complexity index is 125. The molecule has 0 fully saturated rings. The van der Waals surface area contributed by atoms with E-state index < -0.39 is 0 Å². The fourth-order valence-electron chi connectivity index (χ4n) is 0.0481.